The zero-order valence-corrected chi connectivity index (χ0v) is 12.9. The highest BCUT2D eigenvalue weighted by molar-refractivity contribution is 7.92. The Labute approximate surface area is 131 Å². The van der Waals surface area contributed by atoms with Crippen molar-refractivity contribution in [3.05, 3.63) is 41.8 Å². The molecule has 3 rings (SSSR count). The van der Waals surface area contributed by atoms with Crippen molar-refractivity contribution in [1.29, 1.82) is 0 Å². The quantitative estimate of drug-likeness (QED) is 0.659. The van der Waals surface area contributed by atoms with Gasteiger partial charge in [0.25, 0.3) is 10.0 Å². The van der Waals surface area contributed by atoms with E-state index in [9.17, 15) is 8.42 Å². The minimum absolute atomic E-state index is 0.0237. The molecule has 0 saturated heterocycles. The van der Waals surface area contributed by atoms with Gasteiger partial charge in [-0.2, -0.15) is 5.10 Å². The number of rotatable bonds is 5. The Balaban J connectivity index is 1.95. The van der Waals surface area contributed by atoms with Crippen LogP contribution in [0.25, 0.3) is 10.9 Å². The molecule has 0 aliphatic rings. The van der Waals surface area contributed by atoms with Crippen LogP contribution in [-0.2, 0) is 16.6 Å². The molecule has 0 aliphatic heterocycles. The lowest BCUT2D eigenvalue weighted by Crippen LogP contribution is -2.12. The molecular formula is C13H13ClN4O3S. The second kappa shape index (κ2) is 5.64. The lowest BCUT2D eigenvalue weighted by molar-refractivity contribution is 0.269. The van der Waals surface area contributed by atoms with Gasteiger partial charge in [0.2, 0.25) is 0 Å². The normalized spacial score (nSPS) is 11.9. The van der Waals surface area contributed by atoms with Crippen LogP contribution < -0.4 is 4.72 Å². The smallest absolute Gasteiger partial charge is 0.265 e. The Morgan fingerprint density at radius 1 is 1.41 bits per heavy atom. The summed E-state index contributed by atoms with van der Waals surface area (Å²) in [6.45, 7) is 0.117. The lowest BCUT2D eigenvalue weighted by atomic mass is 10.2. The number of nitrogens with one attached hydrogen (secondary N) is 2. The summed E-state index contributed by atoms with van der Waals surface area (Å²) in [6, 6.07) is 5.16. The van der Waals surface area contributed by atoms with Crippen LogP contribution >= 0.6 is 11.6 Å². The third kappa shape index (κ3) is 2.68. The Morgan fingerprint density at radius 2 is 2.23 bits per heavy atom. The molecule has 2 aromatic heterocycles. The van der Waals surface area contributed by atoms with Crippen LogP contribution in [-0.4, -0.2) is 34.9 Å². The number of benzene rings is 1. The second-order valence-corrected chi connectivity index (χ2v) is 6.72. The SMILES string of the molecule is O=S(=O)(Nc1cccc2c(Cl)c[nH]c12)c1cnn(CCO)c1. The zero-order chi connectivity index (χ0) is 15.7. The molecule has 0 unspecified atom stereocenters. The van der Waals surface area contributed by atoms with Gasteiger partial charge in [-0.25, -0.2) is 8.42 Å². The van der Waals surface area contributed by atoms with E-state index in [4.69, 9.17) is 16.7 Å². The first-order chi connectivity index (χ1) is 10.5. The predicted molar refractivity (Wildman–Crippen MR) is 83.4 cm³/mol. The first-order valence-electron chi connectivity index (χ1n) is 6.43. The standard InChI is InChI=1S/C13H13ClN4O3S/c14-11-7-15-13-10(11)2-1-3-12(13)17-22(20,21)9-6-16-18(8-9)4-5-19/h1-3,6-8,15,17,19H,4-5H2. The molecule has 0 saturated carbocycles. The summed E-state index contributed by atoms with van der Waals surface area (Å²) >= 11 is 6.03. The van der Waals surface area contributed by atoms with E-state index in [0.29, 0.717) is 16.2 Å². The number of H-pyrrole nitrogens is 1. The van der Waals surface area contributed by atoms with Crippen molar-refractivity contribution < 1.29 is 13.5 Å². The molecule has 0 aliphatic carbocycles. The van der Waals surface area contributed by atoms with Gasteiger partial charge in [0.05, 0.1) is 35.6 Å². The third-order valence-electron chi connectivity index (χ3n) is 3.16. The minimum atomic E-state index is -3.77. The highest BCUT2D eigenvalue weighted by Gasteiger charge is 2.18. The minimum Gasteiger partial charge on any atom is -0.394 e. The number of anilines is 1. The average molecular weight is 341 g/mol. The van der Waals surface area contributed by atoms with E-state index >= 15 is 0 Å². The summed E-state index contributed by atoms with van der Waals surface area (Å²) in [7, 11) is -3.77. The monoisotopic (exact) mass is 340 g/mol. The lowest BCUT2D eigenvalue weighted by Gasteiger charge is -2.07. The number of aliphatic hydroxyl groups excluding tert-OH is 1. The van der Waals surface area contributed by atoms with Gasteiger partial charge >= 0.3 is 0 Å². The fourth-order valence-corrected chi connectivity index (χ4v) is 3.35. The number of hydrogen-bond acceptors (Lipinski definition) is 4. The molecule has 9 heteroatoms. The summed E-state index contributed by atoms with van der Waals surface area (Å²) in [5.41, 5.74) is 1.01. The van der Waals surface area contributed by atoms with E-state index in [-0.39, 0.29) is 18.0 Å². The summed E-state index contributed by atoms with van der Waals surface area (Å²) in [4.78, 5) is 2.97. The molecule has 0 amide bonds. The van der Waals surface area contributed by atoms with Crippen molar-refractivity contribution in [2.24, 2.45) is 0 Å². The first-order valence-corrected chi connectivity index (χ1v) is 8.29. The average Bonchev–Trinajstić information content (AvgIpc) is 3.08. The van der Waals surface area contributed by atoms with Gasteiger partial charge in [0, 0.05) is 17.8 Å². The number of sulfonamides is 1. The number of hydrogen-bond donors (Lipinski definition) is 3. The molecule has 116 valence electrons. The van der Waals surface area contributed by atoms with Crippen molar-refractivity contribution in [2.45, 2.75) is 11.4 Å². The molecule has 0 fully saturated rings. The van der Waals surface area contributed by atoms with Gasteiger partial charge in [-0.15, -0.1) is 0 Å². The molecule has 3 aromatic rings. The maximum Gasteiger partial charge on any atom is 0.265 e. The third-order valence-corrected chi connectivity index (χ3v) is 4.79. The number of aromatic nitrogens is 3. The fourth-order valence-electron chi connectivity index (χ4n) is 2.12. The molecule has 7 nitrogen and oxygen atoms in total. The molecule has 0 radical (unpaired) electrons. The van der Waals surface area contributed by atoms with Crippen LogP contribution in [0.4, 0.5) is 5.69 Å². The summed E-state index contributed by atoms with van der Waals surface area (Å²) in [5.74, 6) is 0. The van der Waals surface area contributed by atoms with Crippen molar-refractivity contribution in [1.82, 2.24) is 14.8 Å². The van der Waals surface area contributed by atoms with Crippen LogP contribution in [0.15, 0.2) is 41.7 Å². The summed E-state index contributed by atoms with van der Waals surface area (Å²) < 4.78 is 28.7. The van der Waals surface area contributed by atoms with Gasteiger partial charge in [-0.1, -0.05) is 23.7 Å². The zero-order valence-electron chi connectivity index (χ0n) is 11.3. The maximum absolute atomic E-state index is 12.4. The number of aromatic amines is 1. The molecule has 0 bridgehead atoms. The van der Waals surface area contributed by atoms with Gasteiger partial charge in [0.1, 0.15) is 4.90 Å². The molecule has 3 N–H and O–H groups in total. The number of nitrogens with zero attached hydrogens (tertiary/aromatic N) is 2. The highest BCUT2D eigenvalue weighted by Crippen LogP contribution is 2.29. The van der Waals surface area contributed by atoms with Crippen molar-refractivity contribution in [2.75, 3.05) is 11.3 Å². The van der Waals surface area contributed by atoms with Crippen LogP contribution in [0.3, 0.4) is 0 Å². The van der Waals surface area contributed by atoms with E-state index in [1.54, 1.807) is 24.4 Å². The second-order valence-electron chi connectivity index (χ2n) is 4.63. The molecule has 0 spiro atoms. The Hall–Kier alpha value is -2.03. The summed E-state index contributed by atoms with van der Waals surface area (Å²) in [5, 5.41) is 14.0. The van der Waals surface area contributed by atoms with E-state index in [1.807, 2.05) is 0 Å². The summed E-state index contributed by atoms with van der Waals surface area (Å²) in [6.07, 6.45) is 4.20. The maximum atomic E-state index is 12.4. The number of fused-ring (bicyclic) bond motifs is 1. The van der Waals surface area contributed by atoms with E-state index < -0.39 is 10.0 Å². The van der Waals surface area contributed by atoms with Gasteiger partial charge in [-0.05, 0) is 6.07 Å². The van der Waals surface area contributed by atoms with E-state index in [2.05, 4.69) is 14.8 Å². The first kappa shape index (κ1) is 14.9. The fraction of sp³-hybridized carbons (Fsp3) is 0.154. The Morgan fingerprint density at radius 3 is 3.00 bits per heavy atom. The van der Waals surface area contributed by atoms with Crippen LogP contribution in [0.5, 0.6) is 0 Å². The Kier molecular flexibility index (Phi) is 3.81. The number of para-hydroxylation sites is 1. The molecule has 22 heavy (non-hydrogen) atoms. The predicted octanol–water partition coefficient (Wildman–Crippen LogP) is 1.81. The van der Waals surface area contributed by atoms with Crippen LogP contribution in [0.2, 0.25) is 5.02 Å². The van der Waals surface area contributed by atoms with Crippen molar-refractivity contribution in [3.8, 4) is 0 Å². The Bertz CT molecular complexity index is 916. The van der Waals surface area contributed by atoms with Gasteiger partial charge in [0.15, 0.2) is 0 Å². The largest absolute Gasteiger partial charge is 0.394 e. The number of halogens is 1. The topological polar surface area (TPSA) is 100 Å². The van der Waals surface area contributed by atoms with Crippen LogP contribution in [0, 0.1) is 0 Å². The molecular weight excluding hydrogens is 328 g/mol. The van der Waals surface area contributed by atoms with Crippen LogP contribution in [0.1, 0.15) is 0 Å². The van der Waals surface area contributed by atoms with Crippen molar-refractivity contribution >= 4 is 38.2 Å². The molecule has 1 aromatic carbocycles. The van der Waals surface area contributed by atoms with Gasteiger partial charge < -0.3 is 10.1 Å². The van der Waals surface area contributed by atoms with Crippen molar-refractivity contribution in [3.63, 3.8) is 0 Å². The number of aliphatic hydroxyl groups is 1. The van der Waals surface area contributed by atoms with E-state index in [1.165, 1.54) is 17.1 Å². The molecule has 2 heterocycles. The van der Waals surface area contributed by atoms with Gasteiger partial charge in [-0.3, -0.25) is 9.40 Å². The molecule has 0 atom stereocenters. The van der Waals surface area contributed by atoms with E-state index in [0.717, 1.165) is 5.39 Å². The highest BCUT2D eigenvalue weighted by atomic mass is 35.5.